The average Bonchev–Trinajstić information content (AvgIpc) is 3.85. The van der Waals surface area contributed by atoms with Gasteiger partial charge in [0.25, 0.3) is 5.91 Å². The Labute approximate surface area is 222 Å². The molecule has 0 bridgehead atoms. The number of fused-ring (bicyclic) bond motifs is 1. The van der Waals surface area contributed by atoms with Crippen LogP contribution in [0.1, 0.15) is 62.4 Å². The number of benzene rings is 1. The molecule has 1 amide bonds. The number of amides is 1. The molecule has 8 heteroatoms. The van der Waals surface area contributed by atoms with Crippen molar-refractivity contribution in [1.82, 2.24) is 19.7 Å². The zero-order valence-corrected chi connectivity index (χ0v) is 21.6. The summed E-state index contributed by atoms with van der Waals surface area (Å²) in [7, 11) is 0. The molecule has 6 rings (SSSR count). The summed E-state index contributed by atoms with van der Waals surface area (Å²) in [6.07, 6.45) is 6.40. The molecule has 0 spiro atoms. The van der Waals surface area contributed by atoms with Crippen molar-refractivity contribution in [2.75, 3.05) is 6.54 Å². The van der Waals surface area contributed by atoms with Crippen LogP contribution in [0.2, 0.25) is 0 Å². The van der Waals surface area contributed by atoms with Gasteiger partial charge in [0, 0.05) is 30.6 Å². The van der Waals surface area contributed by atoms with E-state index in [9.17, 15) is 15.0 Å². The second-order valence-corrected chi connectivity index (χ2v) is 10.7. The van der Waals surface area contributed by atoms with Gasteiger partial charge in [0.1, 0.15) is 12.1 Å². The number of aromatic nitrogens is 2. The lowest BCUT2D eigenvalue weighted by atomic mass is 9.94. The monoisotopic (exact) mass is 509 g/mol. The Morgan fingerprint density at radius 1 is 1.03 bits per heavy atom. The van der Waals surface area contributed by atoms with Gasteiger partial charge in [-0.05, 0) is 51.0 Å². The van der Waals surface area contributed by atoms with E-state index in [1.807, 2.05) is 55.1 Å². The minimum absolute atomic E-state index is 0.000495. The third kappa shape index (κ3) is 4.68. The molecule has 3 atom stereocenters. The van der Waals surface area contributed by atoms with Crippen molar-refractivity contribution in [3.63, 3.8) is 0 Å². The molecule has 8 nitrogen and oxygen atoms in total. The standard InChI is InChI=1S/C30H31N5O3/c1-19(2)33-18-25(35-28(30(33)38)29(37)26(36)16-31-35)27(22-6-4-3-5-7-22)34-17-23(14-12-20-8-9-20)24(32-34)15-13-21-10-11-21/h3-7,16-17,19-21,25-27,36-37H,8-11,18H2,1-2H3. The first kappa shape index (κ1) is 24.3. The zero-order chi connectivity index (χ0) is 26.4. The molecule has 1 saturated heterocycles. The van der Waals surface area contributed by atoms with Crippen molar-refractivity contribution in [3.05, 3.63) is 64.8 Å². The minimum Gasteiger partial charge on any atom is -0.507 e. The fraction of sp³-hybridized carbons (Fsp3) is 0.433. The first-order valence-electron chi connectivity index (χ1n) is 13.3. The number of aliphatic hydroxyl groups excluding tert-OH is 2. The van der Waals surface area contributed by atoms with Gasteiger partial charge < -0.3 is 15.1 Å². The predicted octanol–water partition coefficient (Wildman–Crippen LogP) is 3.05. The molecule has 2 N–H and O–H groups in total. The van der Waals surface area contributed by atoms with Gasteiger partial charge in [-0.2, -0.15) is 10.2 Å². The van der Waals surface area contributed by atoms with Crippen molar-refractivity contribution < 1.29 is 15.0 Å². The predicted molar refractivity (Wildman–Crippen MR) is 143 cm³/mol. The Kier molecular flexibility index (Phi) is 6.21. The molecule has 194 valence electrons. The molecule has 3 fully saturated rings. The van der Waals surface area contributed by atoms with Gasteiger partial charge in [-0.15, -0.1) is 0 Å². The fourth-order valence-corrected chi connectivity index (χ4v) is 4.88. The van der Waals surface area contributed by atoms with Crippen molar-refractivity contribution in [2.45, 2.75) is 63.8 Å². The Hall–Kier alpha value is -4.01. The smallest absolute Gasteiger partial charge is 0.276 e. The maximum absolute atomic E-state index is 13.4. The molecular formula is C30H31N5O3. The molecule has 4 aliphatic rings. The quantitative estimate of drug-likeness (QED) is 0.618. The number of piperazine rings is 1. The number of aliphatic hydroxyl groups is 2. The summed E-state index contributed by atoms with van der Waals surface area (Å²) in [5.41, 5.74) is 2.44. The Bertz CT molecular complexity index is 1380. The number of hydrogen-bond donors (Lipinski definition) is 2. The van der Waals surface area contributed by atoms with Crippen molar-refractivity contribution in [2.24, 2.45) is 16.9 Å². The van der Waals surface area contributed by atoms with Crippen LogP contribution >= 0.6 is 0 Å². The third-order valence-corrected chi connectivity index (χ3v) is 7.35. The first-order valence-corrected chi connectivity index (χ1v) is 13.3. The largest absolute Gasteiger partial charge is 0.507 e. The molecule has 2 aromatic rings. The van der Waals surface area contributed by atoms with Gasteiger partial charge in [0.2, 0.25) is 0 Å². The van der Waals surface area contributed by atoms with Crippen LogP contribution in [0.5, 0.6) is 0 Å². The van der Waals surface area contributed by atoms with Crippen LogP contribution in [-0.4, -0.2) is 66.8 Å². The molecule has 3 unspecified atom stereocenters. The molecule has 38 heavy (non-hydrogen) atoms. The summed E-state index contributed by atoms with van der Waals surface area (Å²) in [4.78, 5) is 15.1. The van der Waals surface area contributed by atoms with E-state index in [1.54, 1.807) is 9.91 Å². The first-order chi connectivity index (χ1) is 18.4. The third-order valence-electron chi connectivity index (χ3n) is 7.35. The lowest BCUT2D eigenvalue weighted by Gasteiger charge is -2.46. The topological polar surface area (TPSA) is 94.2 Å². The second kappa shape index (κ2) is 9.70. The molecule has 3 heterocycles. The van der Waals surface area contributed by atoms with E-state index in [-0.39, 0.29) is 29.4 Å². The molecule has 1 aromatic heterocycles. The van der Waals surface area contributed by atoms with E-state index < -0.39 is 12.1 Å². The van der Waals surface area contributed by atoms with Gasteiger partial charge >= 0.3 is 0 Å². The highest BCUT2D eigenvalue weighted by molar-refractivity contribution is 5.96. The van der Waals surface area contributed by atoms with Crippen molar-refractivity contribution >= 4 is 12.1 Å². The van der Waals surface area contributed by atoms with Crippen LogP contribution in [0.3, 0.4) is 0 Å². The number of carbonyl (C=O) groups excluding carboxylic acids is 1. The zero-order valence-electron chi connectivity index (χ0n) is 21.6. The lowest BCUT2D eigenvalue weighted by Crippen LogP contribution is -2.59. The minimum atomic E-state index is -1.33. The Morgan fingerprint density at radius 2 is 1.71 bits per heavy atom. The van der Waals surface area contributed by atoms with Crippen LogP contribution in [0.4, 0.5) is 0 Å². The maximum atomic E-state index is 13.4. The van der Waals surface area contributed by atoms with Crippen molar-refractivity contribution in [1.29, 1.82) is 0 Å². The van der Waals surface area contributed by atoms with E-state index in [4.69, 9.17) is 5.10 Å². The number of carbonyl (C=O) groups is 1. The van der Waals surface area contributed by atoms with Gasteiger partial charge in [0.15, 0.2) is 17.2 Å². The van der Waals surface area contributed by atoms with Crippen LogP contribution in [0.25, 0.3) is 0 Å². The van der Waals surface area contributed by atoms with Crippen LogP contribution in [-0.2, 0) is 4.79 Å². The van der Waals surface area contributed by atoms with E-state index >= 15 is 0 Å². The summed E-state index contributed by atoms with van der Waals surface area (Å²) >= 11 is 0. The van der Waals surface area contributed by atoms with Gasteiger partial charge in [-0.3, -0.25) is 9.48 Å². The van der Waals surface area contributed by atoms with E-state index in [1.165, 1.54) is 6.21 Å². The van der Waals surface area contributed by atoms with Crippen LogP contribution < -0.4 is 0 Å². The van der Waals surface area contributed by atoms with Crippen LogP contribution in [0.15, 0.2) is 53.1 Å². The molecule has 1 aromatic carbocycles. The van der Waals surface area contributed by atoms with Crippen molar-refractivity contribution in [3.8, 4) is 23.7 Å². The van der Waals surface area contributed by atoms with Gasteiger partial charge in [-0.25, -0.2) is 5.01 Å². The van der Waals surface area contributed by atoms with Gasteiger partial charge in [0.05, 0.1) is 17.8 Å². The Morgan fingerprint density at radius 3 is 2.37 bits per heavy atom. The molecule has 0 radical (unpaired) electrons. The maximum Gasteiger partial charge on any atom is 0.276 e. The normalized spacial score (nSPS) is 23.5. The molecular weight excluding hydrogens is 478 g/mol. The van der Waals surface area contributed by atoms with Crippen LogP contribution in [0, 0.1) is 35.5 Å². The number of nitrogens with zero attached hydrogens (tertiary/aromatic N) is 5. The highest BCUT2D eigenvalue weighted by Crippen LogP contribution is 2.36. The number of hydrogen-bond acceptors (Lipinski definition) is 6. The van der Waals surface area contributed by atoms with E-state index in [2.05, 4.69) is 28.8 Å². The number of hydrazone groups is 1. The summed E-state index contributed by atoms with van der Waals surface area (Å²) < 4.78 is 1.89. The second-order valence-electron chi connectivity index (χ2n) is 10.7. The van der Waals surface area contributed by atoms with Gasteiger partial charge in [-0.1, -0.05) is 48.1 Å². The summed E-state index contributed by atoms with van der Waals surface area (Å²) in [5, 5.41) is 32.0. The SMILES string of the molecule is CC(C)N1CC(C(c2ccccc2)n2cc(C#CC3CC3)c(C#CC3CC3)n2)N2N=CC(O)C(O)=C2C1=O. The van der Waals surface area contributed by atoms with E-state index in [0.717, 1.165) is 36.8 Å². The lowest BCUT2D eigenvalue weighted by molar-refractivity contribution is -0.136. The average molecular weight is 510 g/mol. The molecule has 2 aliphatic carbocycles. The van der Waals surface area contributed by atoms with E-state index in [0.29, 0.717) is 24.1 Å². The fourth-order valence-electron chi connectivity index (χ4n) is 4.88. The highest BCUT2D eigenvalue weighted by atomic mass is 16.3. The highest BCUT2D eigenvalue weighted by Gasteiger charge is 2.46. The number of rotatable bonds is 4. The summed E-state index contributed by atoms with van der Waals surface area (Å²) in [6, 6.07) is 9.05. The summed E-state index contributed by atoms with van der Waals surface area (Å²) in [5.74, 6) is 13.4. The Balaban J connectivity index is 1.48. The molecule has 2 saturated carbocycles. The molecule has 2 aliphatic heterocycles. The summed E-state index contributed by atoms with van der Waals surface area (Å²) in [6.45, 7) is 4.23.